The smallest absolute Gasteiger partial charge is 0.136 e. The van der Waals surface area contributed by atoms with Gasteiger partial charge in [-0.3, -0.25) is 0 Å². The molecule has 0 saturated heterocycles. The highest BCUT2D eigenvalue weighted by atomic mass is 16.3. The summed E-state index contributed by atoms with van der Waals surface area (Å²) >= 11 is 0. The van der Waals surface area contributed by atoms with Gasteiger partial charge in [0.2, 0.25) is 0 Å². The van der Waals surface area contributed by atoms with E-state index in [1.54, 1.807) is 0 Å². The summed E-state index contributed by atoms with van der Waals surface area (Å²) < 4.78 is 6.36. The lowest BCUT2D eigenvalue weighted by molar-refractivity contribution is 0.669. The van der Waals surface area contributed by atoms with Crippen LogP contribution in [0, 0.1) is 0 Å². The number of benzene rings is 9. The lowest BCUT2D eigenvalue weighted by atomic mass is 9.83. The maximum atomic E-state index is 6.36. The third-order valence-electron chi connectivity index (χ3n) is 12.2. The molecule has 0 bridgehead atoms. The van der Waals surface area contributed by atoms with E-state index in [1.807, 2.05) is 6.07 Å². The Morgan fingerprint density at radius 3 is 1.78 bits per heavy atom. The zero-order valence-electron chi connectivity index (χ0n) is 30.0. The second kappa shape index (κ2) is 11.8. The van der Waals surface area contributed by atoms with Crippen molar-refractivity contribution in [3.63, 3.8) is 0 Å². The summed E-state index contributed by atoms with van der Waals surface area (Å²) in [5, 5.41) is 4.85. The lowest BCUT2D eigenvalue weighted by Crippen LogP contribution is -2.01. The monoisotopic (exact) mass is 698 g/mol. The highest BCUT2D eigenvalue weighted by molar-refractivity contribution is 6.13. The zero-order chi connectivity index (χ0) is 36.0. The predicted molar refractivity (Wildman–Crippen MR) is 228 cm³/mol. The molecular weight excluding hydrogens is 665 g/mol. The molecule has 2 atom stereocenters. The number of furan rings is 1. The predicted octanol–water partition coefficient (Wildman–Crippen LogP) is 14.4. The third kappa shape index (κ3) is 4.54. The molecule has 9 aromatic carbocycles. The first-order valence-electron chi connectivity index (χ1n) is 19.2. The minimum atomic E-state index is 0.0777. The van der Waals surface area contributed by atoms with Crippen molar-refractivity contribution >= 4 is 32.7 Å². The Morgan fingerprint density at radius 1 is 0.309 bits per heavy atom. The largest absolute Gasteiger partial charge is 0.456 e. The third-order valence-corrected chi connectivity index (χ3v) is 12.2. The molecule has 0 N–H and O–H groups in total. The van der Waals surface area contributed by atoms with E-state index in [0.29, 0.717) is 0 Å². The molecule has 55 heavy (non-hydrogen) atoms. The van der Waals surface area contributed by atoms with Gasteiger partial charge in [0.25, 0.3) is 0 Å². The Morgan fingerprint density at radius 2 is 0.909 bits per heavy atom. The molecule has 1 nitrogen and oxygen atoms in total. The van der Waals surface area contributed by atoms with Crippen molar-refractivity contribution < 1.29 is 4.42 Å². The fraction of sp³-hybridized carbons (Fsp3) is 0.0370. The number of para-hydroxylation sites is 1. The Hall–Kier alpha value is -6.96. The second-order valence-corrected chi connectivity index (χ2v) is 15.1. The van der Waals surface area contributed by atoms with E-state index in [4.69, 9.17) is 4.42 Å². The van der Waals surface area contributed by atoms with Gasteiger partial charge in [-0.25, -0.2) is 0 Å². The van der Waals surface area contributed by atoms with Crippen LogP contribution in [-0.4, -0.2) is 0 Å². The van der Waals surface area contributed by atoms with Crippen LogP contribution in [0.15, 0.2) is 199 Å². The highest BCUT2D eigenvalue weighted by Gasteiger charge is 2.33. The van der Waals surface area contributed by atoms with Gasteiger partial charge in [-0.15, -0.1) is 0 Å². The molecule has 0 fully saturated rings. The van der Waals surface area contributed by atoms with Crippen molar-refractivity contribution in [1.82, 2.24) is 0 Å². The topological polar surface area (TPSA) is 13.1 Å². The molecule has 0 aliphatic heterocycles. The van der Waals surface area contributed by atoms with Crippen molar-refractivity contribution in [2.45, 2.75) is 11.8 Å². The Kier molecular flexibility index (Phi) is 6.53. The van der Waals surface area contributed by atoms with Crippen molar-refractivity contribution in [2.24, 2.45) is 0 Å². The van der Waals surface area contributed by atoms with Crippen LogP contribution in [0.4, 0.5) is 0 Å². The maximum absolute atomic E-state index is 6.36. The van der Waals surface area contributed by atoms with Gasteiger partial charge in [-0.05, 0) is 125 Å². The molecule has 1 heterocycles. The zero-order valence-corrected chi connectivity index (χ0v) is 30.0. The molecule has 2 aliphatic carbocycles. The van der Waals surface area contributed by atoms with Crippen LogP contribution < -0.4 is 0 Å². The minimum Gasteiger partial charge on any atom is -0.456 e. The van der Waals surface area contributed by atoms with Crippen molar-refractivity contribution in [3.05, 3.63) is 228 Å². The van der Waals surface area contributed by atoms with Crippen molar-refractivity contribution in [1.29, 1.82) is 0 Å². The molecule has 0 saturated carbocycles. The quantitative estimate of drug-likeness (QED) is 0.178. The minimum absolute atomic E-state index is 0.0777. The summed E-state index contributed by atoms with van der Waals surface area (Å²) in [5.74, 6) is 0.320. The maximum Gasteiger partial charge on any atom is 0.136 e. The number of fused-ring (bicyclic) bond motifs is 10. The van der Waals surface area contributed by atoms with Crippen LogP contribution in [0.5, 0.6) is 0 Å². The number of hydrogen-bond donors (Lipinski definition) is 0. The lowest BCUT2D eigenvalue weighted by Gasteiger charge is -2.20. The molecule has 0 spiro atoms. The summed E-state index contributed by atoms with van der Waals surface area (Å²) in [6.45, 7) is 0. The first-order chi connectivity index (χ1) is 27.3. The molecule has 0 radical (unpaired) electrons. The fourth-order valence-electron chi connectivity index (χ4n) is 9.86. The average molecular weight is 699 g/mol. The fourth-order valence-corrected chi connectivity index (χ4v) is 9.86. The standard InChI is InChI=1S/C54H34O/c1-2-13-33(14-3-1)52-43-19-8-7-18-41(43)47-30-34(26-28-45(47)52)35-25-27-42-40-17-6-9-20-44(40)53(49(42)31-35)48-32-37(29-36-15-4-5-16-38(36)48)39-22-12-24-51-54(39)46-21-10-11-23-50(46)55-51/h1-32,52-53H. The molecule has 2 unspecified atom stereocenters. The Bertz CT molecular complexity index is 3160. The van der Waals surface area contributed by atoms with Gasteiger partial charge in [-0.2, -0.15) is 0 Å². The van der Waals surface area contributed by atoms with E-state index in [0.717, 1.165) is 16.6 Å². The molecular formula is C54H34O. The van der Waals surface area contributed by atoms with Crippen molar-refractivity contribution in [3.8, 4) is 44.5 Å². The normalized spacial score (nSPS) is 15.3. The number of hydrogen-bond acceptors (Lipinski definition) is 1. The van der Waals surface area contributed by atoms with E-state index >= 15 is 0 Å². The van der Waals surface area contributed by atoms with Crippen molar-refractivity contribution in [2.75, 3.05) is 0 Å². The first-order valence-corrected chi connectivity index (χ1v) is 19.2. The van der Waals surface area contributed by atoms with Gasteiger partial charge in [0.05, 0.1) is 0 Å². The molecule has 1 aromatic heterocycles. The molecule has 256 valence electrons. The van der Waals surface area contributed by atoms with Gasteiger partial charge in [-0.1, -0.05) is 158 Å². The molecule has 2 aliphatic rings. The Labute approximate surface area is 319 Å². The van der Waals surface area contributed by atoms with Crippen LogP contribution in [0.25, 0.3) is 77.2 Å². The van der Waals surface area contributed by atoms with E-state index in [2.05, 4.69) is 188 Å². The van der Waals surface area contributed by atoms with Gasteiger partial charge >= 0.3 is 0 Å². The Balaban J connectivity index is 1.05. The van der Waals surface area contributed by atoms with Crippen LogP contribution in [0.3, 0.4) is 0 Å². The second-order valence-electron chi connectivity index (χ2n) is 15.1. The van der Waals surface area contributed by atoms with Crippen LogP contribution in [-0.2, 0) is 0 Å². The van der Waals surface area contributed by atoms with Gasteiger partial charge in [0.15, 0.2) is 0 Å². The summed E-state index contributed by atoms with van der Waals surface area (Å²) in [5.41, 5.74) is 20.2. The average Bonchev–Trinajstić information content (AvgIpc) is 3.91. The summed E-state index contributed by atoms with van der Waals surface area (Å²) in [6, 6.07) is 71.8. The molecule has 1 heteroatoms. The molecule has 12 rings (SSSR count). The molecule has 10 aromatic rings. The summed E-state index contributed by atoms with van der Waals surface area (Å²) in [6.07, 6.45) is 0. The van der Waals surface area contributed by atoms with E-state index in [1.165, 1.54) is 94.0 Å². The summed E-state index contributed by atoms with van der Waals surface area (Å²) in [4.78, 5) is 0. The van der Waals surface area contributed by atoms with Crippen LogP contribution in [0.2, 0.25) is 0 Å². The molecule has 0 amide bonds. The van der Waals surface area contributed by atoms with E-state index in [9.17, 15) is 0 Å². The van der Waals surface area contributed by atoms with Crippen LogP contribution >= 0.6 is 0 Å². The summed E-state index contributed by atoms with van der Waals surface area (Å²) in [7, 11) is 0. The number of rotatable bonds is 4. The SMILES string of the molecule is c1ccc(C2c3ccccc3-c3cc(-c4ccc5c(c4)C(c4cc(-c6cccc7oc8ccccc8c67)cc6ccccc46)c4ccccc4-5)ccc32)cc1. The van der Waals surface area contributed by atoms with E-state index < -0.39 is 0 Å². The van der Waals surface area contributed by atoms with Gasteiger partial charge < -0.3 is 4.42 Å². The van der Waals surface area contributed by atoms with E-state index in [-0.39, 0.29) is 11.8 Å². The first kappa shape index (κ1) is 30.5. The van der Waals surface area contributed by atoms with Crippen LogP contribution in [0.1, 0.15) is 45.2 Å². The highest BCUT2D eigenvalue weighted by Crippen LogP contribution is 2.53. The van der Waals surface area contributed by atoms with Gasteiger partial charge in [0, 0.05) is 22.6 Å². The van der Waals surface area contributed by atoms with Gasteiger partial charge in [0.1, 0.15) is 11.2 Å².